The molecule has 0 bridgehead atoms. The maximum Gasteiger partial charge on any atom is 0.264 e. The maximum absolute atomic E-state index is 13.2. The highest BCUT2D eigenvalue weighted by atomic mass is 32.2. The summed E-state index contributed by atoms with van der Waals surface area (Å²) in [6.45, 7) is 2.48. The Morgan fingerprint density at radius 3 is 2.43 bits per heavy atom. The third-order valence-corrected chi connectivity index (χ3v) is 7.25. The van der Waals surface area contributed by atoms with Crippen molar-refractivity contribution in [2.24, 2.45) is 0 Å². The first-order valence-corrected chi connectivity index (χ1v) is 11.5. The molecular formula is C24H24N2O3S. The van der Waals surface area contributed by atoms with Gasteiger partial charge < -0.3 is 5.32 Å². The fourth-order valence-electron chi connectivity index (χ4n) is 3.80. The van der Waals surface area contributed by atoms with E-state index < -0.39 is 10.0 Å². The van der Waals surface area contributed by atoms with Crippen LogP contribution in [0.4, 0.5) is 11.4 Å². The molecule has 0 saturated heterocycles. The van der Waals surface area contributed by atoms with E-state index in [1.807, 2.05) is 55.5 Å². The van der Waals surface area contributed by atoms with Gasteiger partial charge in [-0.15, -0.1) is 0 Å². The van der Waals surface area contributed by atoms with Crippen LogP contribution in [0.15, 0.2) is 77.7 Å². The van der Waals surface area contributed by atoms with Gasteiger partial charge in [-0.2, -0.15) is 0 Å². The molecule has 0 spiro atoms. The number of rotatable bonds is 5. The van der Waals surface area contributed by atoms with Crippen molar-refractivity contribution in [1.82, 2.24) is 0 Å². The molecule has 0 atom stereocenters. The van der Waals surface area contributed by atoms with Gasteiger partial charge in [0.2, 0.25) is 0 Å². The van der Waals surface area contributed by atoms with Gasteiger partial charge in [0.1, 0.15) is 0 Å². The number of hydrogen-bond donors (Lipinski definition) is 1. The number of benzene rings is 3. The van der Waals surface area contributed by atoms with Crippen LogP contribution in [0.3, 0.4) is 0 Å². The summed E-state index contributed by atoms with van der Waals surface area (Å²) >= 11 is 0. The molecule has 3 aromatic rings. The Morgan fingerprint density at radius 2 is 1.67 bits per heavy atom. The van der Waals surface area contributed by atoms with Crippen LogP contribution in [0.5, 0.6) is 0 Å². The quantitative estimate of drug-likeness (QED) is 0.654. The number of aryl methyl sites for hydroxylation is 2. The number of para-hydroxylation sites is 2. The van der Waals surface area contributed by atoms with E-state index in [0.29, 0.717) is 12.1 Å². The standard InChI is InChI=1S/C24H24N2O3S/c1-2-18-8-3-5-11-22(18)25-24(27)20-13-15-21(16-14-20)30(28,29)26-17-7-10-19-9-4-6-12-23(19)26/h3-6,8-9,11-16H,2,7,10,17H2,1H3,(H,25,27). The van der Waals surface area contributed by atoms with E-state index in [0.717, 1.165) is 41.8 Å². The molecule has 4 rings (SSSR count). The molecule has 154 valence electrons. The lowest BCUT2D eigenvalue weighted by Gasteiger charge is -2.30. The summed E-state index contributed by atoms with van der Waals surface area (Å²) in [7, 11) is -3.69. The van der Waals surface area contributed by atoms with Crippen LogP contribution in [0.2, 0.25) is 0 Å². The zero-order chi connectivity index (χ0) is 21.1. The molecule has 1 heterocycles. The predicted octanol–water partition coefficient (Wildman–Crippen LogP) is 4.64. The minimum Gasteiger partial charge on any atom is -0.322 e. The van der Waals surface area contributed by atoms with Crippen molar-refractivity contribution in [3.8, 4) is 0 Å². The van der Waals surface area contributed by atoms with Crippen molar-refractivity contribution in [2.45, 2.75) is 31.1 Å². The van der Waals surface area contributed by atoms with Gasteiger partial charge in [0.05, 0.1) is 10.6 Å². The van der Waals surface area contributed by atoms with E-state index in [4.69, 9.17) is 0 Å². The molecule has 1 aliphatic rings. The van der Waals surface area contributed by atoms with E-state index >= 15 is 0 Å². The predicted molar refractivity (Wildman–Crippen MR) is 120 cm³/mol. The van der Waals surface area contributed by atoms with E-state index in [9.17, 15) is 13.2 Å². The topological polar surface area (TPSA) is 66.5 Å². The summed E-state index contributed by atoms with van der Waals surface area (Å²) in [5.41, 5.74) is 4.01. The second kappa shape index (κ2) is 8.32. The van der Waals surface area contributed by atoms with Gasteiger partial charge in [0.25, 0.3) is 15.9 Å². The molecule has 1 aliphatic heterocycles. The number of carbonyl (C=O) groups is 1. The summed E-state index contributed by atoms with van der Waals surface area (Å²) in [4.78, 5) is 12.8. The Bertz CT molecular complexity index is 1170. The van der Waals surface area contributed by atoms with Gasteiger partial charge in [0.15, 0.2) is 0 Å². The number of sulfonamides is 1. The van der Waals surface area contributed by atoms with E-state index in [1.165, 1.54) is 16.4 Å². The Hall–Kier alpha value is -3.12. The number of amides is 1. The zero-order valence-electron chi connectivity index (χ0n) is 16.8. The fraction of sp³-hybridized carbons (Fsp3) is 0.208. The number of anilines is 2. The summed E-state index contributed by atoms with van der Waals surface area (Å²) < 4.78 is 27.9. The SMILES string of the molecule is CCc1ccccc1NC(=O)c1ccc(S(=O)(=O)N2CCCc3ccccc32)cc1. The highest BCUT2D eigenvalue weighted by molar-refractivity contribution is 7.92. The van der Waals surface area contributed by atoms with Gasteiger partial charge in [-0.3, -0.25) is 9.10 Å². The molecule has 3 aromatic carbocycles. The van der Waals surface area contributed by atoms with E-state index in [1.54, 1.807) is 12.1 Å². The van der Waals surface area contributed by atoms with Crippen molar-refractivity contribution in [3.63, 3.8) is 0 Å². The zero-order valence-corrected chi connectivity index (χ0v) is 17.7. The van der Waals surface area contributed by atoms with Gasteiger partial charge in [-0.25, -0.2) is 8.42 Å². The van der Waals surface area contributed by atoms with Crippen LogP contribution in [-0.4, -0.2) is 20.9 Å². The van der Waals surface area contributed by atoms with Crippen LogP contribution < -0.4 is 9.62 Å². The lowest BCUT2D eigenvalue weighted by atomic mass is 10.0. The molecule has 0 aromatic heterocycles. The summed E-state index contributed by atoms with van der Waals surface area (Å²) in [6.07, 6.45) is 2.47. The molecule has 0 radical (unpaired) electrons. The molecule has 0 saturated carbocycles. The molecule has 6 heteroatoms. The molecule has 1 amide bonds. The third-order valence-electron chi connectivity index (χ3n) is 5.42. The summed E-state index contributed by atoms with van der Waals surface area (Å²) in [6, 6.07) is 21.4. The first kappa shape index (κ1) is 20.2. The van der Waals surface area contributed by atoms with Crippen molar-refractivity contribution < 1.29 is 13.2 Å². The van der Waals surface area contributed by atoms with Crippen LogP contribution >= 0.6 is 0 Å². The normalized spacial score (nSPS) is 13.6. The van der Waals surface area contributed by atoms with Gasteiger partial charge in [-0.1, -0.05) is 43.3 Å². The van der Waals surface area contributed by atoms with Crippen molar-refractivity contribution in [2.75, 3.05) is 16.2 Å². The lowest BCUT2D eigenvalue weighted by Crippen LogP contribution is -2.35. The third kappa shape index (κ3) is 3.83. The van der Waals surface area contributed by atoms with Crippen LogP contribution in [-0.2, 0) is 22.9 Å². The molecule has 1 N–H and O–H groups in total. The Labute approximate surface area is 177 Å². The molecule has 0 unspecified atom stereocenters. The number of nitrogens with zero attached hydrogens (tertiary/aromatic N) is 1. The van der Waals surface area contributed by atoms with Crippen LogP contribution in [0, 0.1) is 0 Å². The average Bonchev–Trinajstić information content (AvgIpc) is 2.79. The lowest BCUT2D eigenvalue weighted by molar-refractivity contribution is 0.102. The largest absolute Gasteiger partial charge is 0.322 e. The second-order valence-corrected chi connectivity index (χ2v) is 9.16. The molecule has 5 nitrogen and oxygen atoms in total. The maximum atomic E-state index is 13.2. The molecule has 0 aliphatic carbocycles. The minimum absolute atomic E-state index is 0.185. The van der Waals surface area contributed by atoms with Crippen molar-refractivity contribution in [1.29, 1.82) is 0 Å². The summed E-state index contributed by atoms with van der Waals surface area (Å²) in [5.74, 6) is -0.261. The first-order chi connectivity index (χ1) is 14.5. The minimum atomic E-state index is -3.69. The van der Waals surface area contributed by atoms with E-state index in [-0.39, 0.29) is 10.8 Å². The highest BCUT2D eigenvalue weighted by Crippen LogP contribution is 2.31. The number of hydrogen-bond acceptors (Lipinski definition) is 3. The van der Waals surface area contributed by atoms with Gasteiger partial charge >= 0.3 is 0 Å². The average molecular weight is 421 g/mol. The van der Waals surface area contributed by atoms with Gasteiger partial charge in [-0.05, 0) is 66.8 Å². The smallest absolute Gasteiger partial charge is 0.264 e. The Kier molecular flexibility index (Phi) is 5.59. The number of fused-ring (bicyclic) bond motifs is 1. The second-order valence-electron chi connectivity index (χ2n) is 7.30. The van der Waals surface area contributed by atoms with Crippen molar-refractivity contribution in [3.05, 3.63) is 89.5 Å². The fourth-order valence-corrected chi connectivity index (χ4v) is 5.34. The van der Waals surface area contributed by atoms with Crippen molar-refractivity contribution >= 4 is 27.3 Å². The first-order valence-electron chi connectivity index (χ1n) is 10.1. The van der Waals surface area contributed by atoms with Crippen LogP contribution in [0.1, 0.15) is 34.8 Å². The van der Waals surface area contributed by atoms with Gasteiger partial charge in [0, 0.05) is 17.8 Å². The molecule has 30 heavy (non-hydrogen) atoms. The monoisotopic (exact) mass is 420 g/mol. The van der Waals surface area contributed by atoms with Crippen LogP contribution in [0.25, 0.3) is 0 Å². The molecule has 0 fully saturated rings. The highest BCUT2D eigenvalue weighted by Gasteiger charge is 2.28. The Morgan fingerprint density at radius 1 is 0.967 bits per heavy atom. The molecular weight excluding hydrogens is 396 g/mol. The number of carbonyl (C=O) groups excluding carboxylic acids is 1. The number of nitrogens with one attached hydrogen (secondary N) is 1. The Balaban J connectivity index is 1.57. The van der Waals surface area contributed by atoms with E-state index in [2.05, 4.69) is 5.32 Å². The summed E-state index contributed by atoms with van der Waals surface area (Å²) in [5, 5.41) is 2.91.